The topological polar surface area (TPSA) is 86.7 Å². The van der Waals surface area contributed by atoms with Crippen molar-refractivity contribution in [3.63, 3.8) is 0 Å². The van der Waals surface area contributed by atoms with Crippen molar-refractivity contribution in [3.05, 3.63) is 0 Å². The van der Waals surface area contributed by atoms with Gasteiger partial charge in [0.05, 0.1) is 0 Å². The Bertz CT molecular complexity index is 646. The van der Waals surface area contributed by atoms with E-state index in [-0.39, 0.29) is 12.8 Å². The lowest BCUT2D eigenvalue weighted by atomic mass is 10.0. The fraction of sp³-hybridized carbons (Fsp3) is 0.897. The SMILES string of the molecule is CCCCCCCCCCCCCCCC(=O)OC(=O)CCCCCC(=O)OC(=O)CCCCCCCCCCCCCCC. The summed E-state index contributed by atoms with van der Waals surface area (Å²) in [5.74, 6) is -1.86. The summed E-state index contributed by atoms with van der Waals surface area (Å²) < 4.78 is 9.84. The van der Waals surface area contributed by atoms with Gasteiger partial charge in [-0.25, -0.2) is 0 Å². The van der Waals surface area contributed by atoms with Crippen LogP contribution >= 0.6 is 0 Å². The third-order valence-electron chi connectivity index (χ3n) is 8.69. The van der Waals surface area contributed by atoms with Crippen LogP contribution < -0.4 is 0 Å². The molecule has 6 nitrogen and oxygen atoms in total. The Balaban J connectivity index is 3.48. The molecule has 0 radical (unpaired) electrons. The predicted octanol–water partition coefficient (Wildman–Crippen LogP) is 12.0. The van der Waals surface area contributed by atoms with E-state index in [4.69, 9.17) is 9.47 Å². The van der Waals surface area contributed by atoms with Crippen molar-refractivity contribution in [3.8, 4) is 0 Å². The highest BCUT2D eigenvalue weighted by atomic mass is 16.6. The van der Waals surface area contributed by atoms with Gasteiger partial charge in [-0.1, -0.05) is 174 Å². The maximum absolute atomic E-state index is 11.9. The van der Waals surface area contributed by atoms with Crippen LogP contribution in [-0.4, -0.2) is 23.9 Å². The van der Waals surface area contributed by atoms with E-state index in [2.05, 4.69) is 13.8 Å². The fourth-order valence-corrected chi connectivity index (χ4v) is 5.75. The van der Waals surface area contributed by atoms with Crippen LogP contribution in [0.15, 0.2) is 0 Å². The molecule has 0 fully saturated rings. The number of rotatable bonds is 34. The first-order valence-corrected chi connectivity index (χ1v) is 19.5. The normalized spacial score (nSPS) is 11.1. The van der Waals surface area contributed by atoms with Gasteiger partial charge in [0.2, 0.25) is 0 Å². The largest absolute Gasteiger partial charge is 0.393 e. The Morgan fingerprint density at radius 3 is 0.622 bits per heavy atom. The molecule has 0 N–H and O–H groups in total. The van der Waals surface area contributed by atoms with Crippen LogP contribution in [0.5, 0.6) is 0 Å². The Hall–Kier alpha value is -1.72. The first-order chi connectivity index (χ1) is 22.0. The fourth-order valence-electron chi connectivity index (χ4n) is 5.75. The maximum Gasteiger partial charge on any atom is 0.313 e. The van der Waals surface area contributed by atoms with E-state index in [9.17, 15) is 19.2 Å². The number of hydrogen-bond donors (Lipinski definition) is 0. The van der Waals surface area contributed by atoms with E-state index >= 15 is 0 Å². The van der Waals surface area contributed by atoms with Gasteiger partial charge in [0.1, 0.15) is 0 Å². The molecule has 264 valence electrons. The van der Waals surface area contributed by atoms with Crippen molar-refractivity contribution in [2.45, 2.75) is 226 Å². The van der Waals surface area contributed by atoms with E-state index < -0.39 is 23.9 Å². The summed E-state index contributed by atoms with van der Waals surface area (Å²) in [6.45, 7) is 4.50. The van der Waals surface area contributed by atoms with E-state index in [0.29, 0.717) is 32.1 Å². The Morgan fingerprint density at radius 1 is 0.267 bits per heavy atom. The lowest BCUT2D eigenvalue weighted by Crippen LogP contribution is -2.12. The third kappa shape index (κ3) is 35.0. The second-order valence-electron chi connectivity index (χ2n) is 13.2. The van der Waals surface area contributed by atoms with Crippen LogP contribution in [0.25, 0.3) is 0 Å². The molecule has 0 aliphatic carbocycles. The predicted molar refractivity (Wildman–Crippen MR) is 186 cm³/mol. The number of unbranched alkanes of at least 4 members (excludes halogenated alkanes) is 26. The van der Waals surface area contributed by atoms with Gasteiger partial charge in [0.15, 0.2) is 0 Å². The lowest BCUT2D eigenvalue weighted by molar-refractivity contribution is -0.161. The minimum Gasteiger partial charge on any atom is -0.393 e. The molecule has 0 aromatic heterocycles. The van der Waals surface area contributed by atoms with Gasteiger partial charge in [0.25, 0.3) is 0 Å². The number of hydrogen-bond acceptors (Lipinski definition) is 6. The Morgan fingerprint density at radius 2 is 0.422 bits per heavy atom. The zero-order chi connectivity index (χ0) is 33.1. The van der Waals surface area contributed by atoms with Gasteiger partial charge in [0, 0.05) is 25.7 Å². The molecule has 0 atom stereocenters. The molecule has 0 rings (SSSR count). The first kappa shape index (κ1) is 43.3. The Labute approximate surface area is 277 Å². The zero-order valence-electron chi connectivity index (χ0n) is 29.8. The third-order valence-corrected chi connectivity index (χ3v) is 8.69. The van der Waals surface area contributed by atoms with E-state index in [0.717, 1.165) is 38.5 Å². The van der Waals surface area contributed by atoms with Gasteiger partial charge >= 0.3 is 23.9 Å². The van der Waals surface area contributed by atoms with Crippen molar-refractivity contribution in [2.24, 2.45) is 0 Å². The van der Waals surface area contributed by atoms with Crippen LogP contribution in [0.3, 0.4) is 0 Å². The van der Waals surface area contributed by atoms with Crippen LogP contribution in [0.4, 0.5) is 0 Å². The summed E-state index contributed by atoms with van der Waals surface area (Å²) in [4.78, 5) is 47.7. The summed E-state index contributed by atoms with van der Waals surface area (Å²) in [5.41, 5.74) is 0. The molecule has 0 heterocycles. The summed E-state index contributed by atoms with van der Waals surface area (Å²) in [7, 11) is 0. The zero-order valence-corrected chi connectivity index (χ0v) is 29.8. The van der Waals surface area contributed by atoms with E-state index in [1.807, 2.05) is 0 Å². The van der Waals surface area contributed by atoms with Crippen molar-refractivity contribution >= 4 is 23.9 Å². The highest BCUT2D eigenvalue weighted by Crippen LogP contribution is 2.15. The molecule has 0 bridgehead atoms. The average molecular weight is 637 g/mol. The number of carbonyl (C=O) groups is 4. The van der Waals surface area contributed by atoms with Crippen molar-refractivity contribution in [1.82, 2.24) is 0 Å². The highest BCUT2D eigenvalue weighted by molar-refractivity contribution is 5.86. The molecular formula is C39H72O6. The van der Waals surface area contributed by atoms with Crippen molar-refractivity contribution in [2.75, 3.05) is 0 Å². The summed E-state index contributed by atoms with van der Waals surface area (Å²) in [6.07, 6.45) is 35.0. The smallest absolute Gasteiger partial charge is 0.313 e. The monoisotopic (exact) mass is 637 g/mol. The number of esters is 4. The van der Waals surface area contributed by atoms with Crippen molar-refractivity contribution < 1.29 is 28.7 Å². The number of carbonyl (C=O) groups excluding carboxylic acids is 4. The second kappa shape index (κ2) is 35.1. The van der Waals surface area contributed by atoms with Gasteiger partial charge in [-0.3, -0.25) is 19.2 Å². The van der Waals surface area contributed by atoms with Gasteiger partial charge < -0.3 is 9.47 Å². The molecule has 0 amide bonds. The van der Waals surface area contributed by atoms with E-state index in [1.54, 1.807) is 0 Å². The van der Waals surface area contributed by atoms with Crippen molar-refractivity contribution in [1.29, 1.82) is 0 Å². The Kier molecular flexibility index (Phi) is 33.8. The van der Waals surface area contributed by atoms with Crippen LogP contribution in [0, 0.1) is 0 Å². The molecule has 0 saturated carbocycles. The van der Waals surface area contributed by atoms with Crippen LogP contribution in [0.2, 0.25) is 0 Å². The van der Waals surface area contributed by atoms with Gasteiger partial charge in [-0.15, -0.1) is 0 Å². The number of ether oxygens (including phenoxy) is 2. The van der Waals surface area contributed by atoms with Gasteiger partial charge in [-0.2, -0.15) is 0 Å². The van der Waals surface area contributed by atoms with E-state index in [1.165, 1.54) is 128 Å². The minimum absolute atomic E-state index is 0.164. The first-order valence-electron chi connectivity index (χ1n) is 19.5. The molecule has 0 aromatic rings. The average Bonchev–Trinajstić information content (AvgIpc) is 3.01. The minimum atomic E-state index is -0.495. The lowest BCUT2D eigenvalue weighted by Gasteiger charge is -2.05. The summed E-state index contributed by atoms with van der Waals surface area (Å²) in [6, 6.07) is 0. The van der Waals surface area contributed by atoms with Gasteiger partial charge in [-0.05, 0) is 25.7 Å². The molecule has 0 unspecified atom stereocenters. The molecule has 0 saturated heterocycles. The summed E-state index contributed by atoms with van der Waals surface area (Å²) >= 11 is 0. The molecule has 6 heteroatoms. The molecule has 0 spiro atoms. The molecular weight excluding hydrogens is 564 g/mol. The second-order valence-corrected chi connectivity index (χ2v) is 13.2. The van der Waals surface area contributed by atoms with Crippen LogP contribution in [-0.2, 0) is 28.7 Å². The quantitative estimate of drug-likeness (QED) is 0.0397. The molecule has 45 heavy (non-hydrogen) atoms. The molecule has 0 aliphatic rings. The maximum atomic E-state index is 11.9. The molecule has 0 aliphatic heterocycles. The van der Waals surface area contributed by atoms with Crippen LogP contribution in [0.1, 0.15) is 226 Å². The summed E-state index contributed by atoms with van der Waals surface area (Å²) in [5, 5.41) is 0. The standard InChI is InChI=1S/C39H72O6/c1-3-5-7-9-11-13-15-17-19-21-23-25-28-32-36(40)44-38(42)34-30-27-31-35-39(43)45-37(41)33-29-26-24-22-20-18-16-14-12-10-8-6-4-2/h3-35H2,1-2H3. The highest BCUT2D eigenvalue weighted by Gasteiger charge is 2.12. The molecule has 0 aromatic carbocycles.